The van der Waals surface area contributed by atoms with Crippen LogP contribution in [0.4, 0.5) is 17.1 Å². The van der Waals surface area contributed by atoms with Gasteiger partial charge in [0.1, 0.15) is 11.6 Å². The Morgan fingerprint density at radius 1 is 0.909 bits per heavy atom. The van der Waals surface area contributed by atoms with Crippen molar-refractivity contribution in [2.75, 3.05) is 40.1 Å². The predicted octanol–water partition coefficient (Wildman–Crippen LogP) is 7.20. The molecule has 2 aliphatic heterocycles. The van der Waals surface area contributed by atoms with E-state index < -0.39 is 15.9 Å². The summed E-state index contributed by atoms with van der Waals surface area (Å²) in [5, 5.41) is 0.912. The van der Waals surface area contributed by atoms with Gasteiger partial charge in [0.05, 0.1) is 32.9 Å². The van der Waals surface area contributed by atoms with Gasteiger partial charge in [-0.15, -0.1) is 0 Å². The zero-order valence-electron chi connectivity index (χ0n) is 25.0. The van der Waals surface area contributed by atoms with Gasteiger partial charge in [-0.25, -0.2) is 8.42 Å². The molecule has 0 bridgehead atoms. The van der Waals surface area contributed by atoms with E-state index in [1.165, 1.54) is 6.92 Å². The molecule has 232 valence electrons. The first kappa shape index (κ1) is 31.8. The normalized spacial score (nSPS) is 16.9. The van der Waals surface area contributed by atoms with Gasteiger partial charge in [0.25, 0.3) is 0 Å². The highest BCUT2D eigenvalue weighted by Gasteiger charge is 2.32. The Labute approximate surface area is 269 Å². The molecule has 8 nitrogen and oxygen atoms in total. The second kappa shape index (κ2) is 13.5. The standard InChI is InChI=1S/C33H36Cl2N4O4S/c1-4-37-28-21-26(34)27(35)22-29(28)39(18-9-10-19-44(41,42)36-23(3)40)32(37)14-11-15-33-38(5-2)30-20-25(16-17-31(30)43-33)24-12-7-6-8-13-24/h6-8,11-17,20-22,33H,4-5,9-10,18-19H2,1-3H3,(H,36,40)/b15-11+,32-14+. The number of anilines is 3. The van der Waals surface area contributed by atoms with Gasteiger partial charge in [0.15, 0.2) is 6.23 Å². The lowest BCUT2D eigenvalue weighted by atomic mass is 10.0. The molecule has 3 aromatic rings. The van der Waals surface area contributed by atoms with Gasteiger partial charge < -0.3 is 19.4 Å². The number of hydrogen-bond acceptors (Lipinski definition) is 7. The van der Waals surface area contributed by atoms with Crippen LogP contribution in [0.25, 0.3) is 11.1 Å². The number of rotatable bonds is 11. The van der Waals surface area contributed by atoms with Crippen molar-refractivity contribution in [3.8, 4) is 16.9 Å². The second-order valence-corrected chi connectivity index (χ2v) is 13.2. The molecule has 3 aromatic carbocycles. The van der Waals surface area contributed by atoms with Gasteiger partial charge in [0.2, 0.25) is 15.9 Å². The van der Waals surface area contributed by atoms with E-state index in [9.17, 15) is 13.2 Å². The van der Waals surface area contributed by atoms with Crippen molar-refractivity contribution in [1.82, 2.24) is 4.72 Å². The first-order chi connectivity index (χ1) is 21.1. The molecule has 44 heavy (non-hydrogen) atoms. The molecule has 2 aliphatic rings. The van der Waals surface area contributed by atoms with Crippen LogP contribution in [0.2, 0.25) is 10.0 Å². The summed E-state index contributed by atoms with van der Waals surface area (Å²) in [6.07, 6.45) is 6.76. The minimum Gasteiger partial charge on any atom is -0.465 e. The van der Waals surface area contributed by atoms with Gasteiger partial charge in [0, 0.05) is 26.6 Å². The number of nitrogens with one attached hydrogen (secondary N) is 1. The number of allylic oxidation sites excluding steroid dienone is 2. The number of carbonyl (C=O) groups excluding carboxylic acids is 1. The SMILES string of the molecule is CCN1/C(=C\C=C\C2Oc3ccc(-c4ccccc4)cc3N2CC)N(CCCCS(=O)(=O)NC(C)=O)c2cc(Cl)c(Cl)cc21. The van der Waals surface area contributed by atoms with Crippen molar-refractivity contribution in [3.05, 3.63) is 94.8 Å². The summed E-state index contributed by atoms with van der Waals surface area (Å²) in [5.41, 5.74) is 5.18. The fourth-order valence-electron chi connectivity index (χ4n) is 5.64. The zero-order valence-corrected chi connectivity index (χ0v) is 27.3. The van der Waals surface area contributed by atoms with Crippen molar-refractivity contribution >= 4 is 56.2 Å². The van der Waals surface area contributed by atoms with Gasteiger partial charge in [-0.2, -0.15) is 0 Å². The average Bonchev–Trinajstić information content (AvgIpc) is 3.48. The van der Waals surface area contributed by atoms with Crippen molar-refractivity contribution in [2.24, 2.45) is 0 Å². The maximum atomic E-state index is 12.1. The van der Waals surface area contributed by atoms with Crippen LogP contribution in [-0.2, 0) is 14.8 Å². The summed E-state index contributed by atoms with van der Waals surface area (Å²) in [4.78, 5) is 17.7. The number of benzene rings is 3. The maximum Gasteiger partial charge on any atom is 0.234 e. The third-order valence-corrected chi connectivity index (χ3v) is 9.75. The third kappa shape index (κ3) is 6.85. The van der Waals surface area contributed by atoms with Gasteiger partial charge in [-0.1, -0.05) is 65.7 Å². The Bertz CT molecular complexity index is 1700. The van der Waals surface area contributed by atoms with Gasteiger partial charge >= 0.3 is 0 Å². The first-order valence-corrected chi connectivity index (χ1v) is 17.1. The molecule has 0 saturated carbocycles. The Morgan fingerprint density at radius 3 is 2.27 bits per heavy atom. The second-order valence-electron chi connectivity index (χ2n) is 10.6. The number of ether oxygens (including phenoxy) is 1. The molecule has 2 heterocycles. The number of amides is 1. The summed E-state index contributed by atoms with van der Waals surface area (Å²) >= 11 is 12.8. The van der Waals surface area contributed by atoms with E-state index >= 15 is 0 Å². The summed E-state index contributed by atoms with van der Waals surface area (Å²) in [6.45, 7) is 7.37. The Kier molecular flexibility index (Phi) is 9.78. The first-order valence-electron chi connectivity index (χ1n) is 14.7. The van der Waals surface area contributed by atoms with Crippen molar-refractivity contribution < 1.29 is 17.9 Å². The van der Waals surface area contributed by atoms with Crippen molar-refractivity contribution in [2.45, 2.75) is 39.8 Å². The lowest BCUT2D eigenvalue weighted by molar-refractivity contribution is -0.117. The van der Waals surface area contributed by atoms with Crippen LogP contribution < -0.4 is 24.2 Å². The van der Waals surface area contributed by atoms with Crippen LogP contribution in [0, 0.1) is 0 Å². The van der Waals surface area contributed by atoms with Crippen LogP contribution in [-0.4, -0.2) is 45.9 Å². The molecule has 1 N–H and O–H groups in total. The van der Waals surface area contributed by atoms with Crippen LogP contribution >= 0.6 is 23.2 Å². The third-order valence-electron chi connectivity index (χ3n) is 7.60. The molecule has 11 heteroatoms. The smallest absolute Gasteiger partial charge is 0.234 e. The van der Waals surface area contributed by atoms with E-state index in [2.05, 4.69) is 52.8 Å². The highest BCUT2D eigenvalue weighted by atomic mass is 35.5. The number of sulfonamides is 1. The van der Waals surface area contributed by atoms with E-state index in [-0.39, 0.29) is 12.0 Å². The van der Waals surface area contributed by atoms with Gasteiger partial charge in [-0.3, -0.25) is 9.52 Å². The number of fused-ring (bicyclic) bond motifs is 2. The Hall–Kier alpha value is -3.66. The summed E-state index contributed by atoms with van der Waals surface area (Å²) in [7, 11) is -3.66. The van der Waals surface area contributed by atoms with Crippen LogP contribution in [0.5, 0.6) is 5.75 Å². The van der Waals surface area contributed by atoms with Crippen LogP contribution in [0.3, 0.4) is 0 Å². The lowest BCUT2D eigenvalue weighted by Gasteiger charge is -2.25. The van der Waals surface area contributed by atoms with Crippen molar-refractivity contribution in [1.29, 1.82) is 0 Å². The molecule has 0 spiro atoms. The number of likely N-dealkylation sites (N-methyl/N-ethyl adjacent to an activating group) is 1. The molecule has 5 rings (SSSR count). The molecule has 0 saturated heterocycles. The number of carbonyl (C=O) groups is 1. The Balaban J connectivity index is 1.37. The fraction of sp³-hybridized carbons (Fsp3) is 0.303. The van der Waals surface area contributed by atoms with E-state index in [0.717, 1.165) is 46.3 Å². The van der Waals surface area contributed by atoms with E-state index in [0.29, 0.717) is 36.0 Å². The molecule has 0 aromatic heterocycles. The average molecular weight is 656 g/mol. The van der Waals surface area contributed by atoms with Crippen LogP contribution in [0.1, 0.15) is 33.6 Å². The topological polar surface area (TPSA) is 82.2 Å². The molecule has 0 fully saturated rings. The fourth-order valence-corrected chi connectivity index (χ4v) is 7.08. The quantitative estimate of drug-likeness (QED) is 0.219. The predicted molar refractivity (Wildman–Crippen MR) is 180 cm³/mol. The monoisotopic (exact) mass is 654 g/mol. The molecular formula is C33H36Cl2N4O4S. The number of unbranched alkanes of at least 4 members (excludes halogenated alkanes) is 1. The van der Waals surface area contributed by atoms with E-state index in [4.69, 9.17) is 27.9 Å². The number of halogens is 2. The summed E-state index contributed by atoms with van der Waals surface area (Å²) in [6, 6.07) is 20.3. The zero-order chi connectivity index (χ0) is 31.4. The molecule has 1 atom stereocenters. The molecule has 1 unspecified atom stereocenters. The molecule has 1 amide bonds. The number of hydrogen-bond donors (Lipinski definition) is 1. The van der Waals surface area contributed by atoms with Crippen molar-refractivity contribution in [3.63, 3.8) is 0 Å². The number of nitrogens with zero attached hydrogens (tertiary/aromatic N) is 3. The maximum absolute atomic E-state index is 12.1. The lowest BCUT2D eigenvalue weighted by Crippen LogP contribution is -2.32. The van der Waals surface area contributed by atoms with Gasteiger partial charge in [-0.05, 0) is 74.2 Å². The van der Waals surface area contributed by atoms with E-state index in [1.807, 2.05) is 59.3 Å². The molecular weight excluding hydrogens is 619 g/mol. The highest BCUT2D eigenvalue weighted by Crippen LogP contribution is 2.46. The largest absolute Gasteiger partial charge is 0.465 e. The minimum atomic E-state index is -3.66. The van der Waals surface area contributed by atoms with E-state index in [1.54, 1.807) is 0 Å². The molecule has 0 radical (unpaired) electrons. The van der Waals surface area contributed by atoms with Crippen LogP contribution in [0.15, 0.2) is 84.7 Å². The Morgan fingerprint density at radius 2 is 1.61 bits per heavy atom. The summed E-state index contributed by atoms with van der Waals surface area (Å²) < 4.78 is 32.7. The molecule has 0 aliphatic carbocycles. The highest BCUT2D eigenvalue weighted by molar-refractivity contribution is 7.90. The summed E-state index contributed by atoms with van der Waals surface area (Å²) in [5.74, 6) is 1.04. The minimum absolute atomic E-state index is 0.135.